The molecule has 2 aliphatic rings. The normalized spacial score (nSPS) is 22.9. The Morgan fingerprint density at radius 1 is 1.09 bits per heavy atom. The molecule has 2 aromatic heterocycles. The van der Waals surface area contributed by atoms with E-state index in [2.05, 4.69) is 19.9 Å². The monoisotopic (exact) mass is 459 g/mol. The van der Waals surface area contributed by atoms with Gasteiger partial charge in [-0.15, -0.1) is 0 Å². The van der Waals surface area contributed by atoms with Crippen molar-refractivity contribution in [3.63, 3.8) is 0 Å². The smallest absolute Gasteiger partial charge is 0.356 e. The number of methoxy groups -OCH3 is 1. The van der Waals surface area contributed by atoms with E-state index in [1.165, 1.54) is 35.5 Å². The van der Waals surface area contributed by atoms with Crippen molar-refractivity contribution in [3.05, 3.63) is 54.5 Å². The number of amides is 1. The van der Waals surface area contributed by atoms with E-state index >= 15 is 0 Å². The highest BCUT2D eigenvalue weighted by Gasteiger charge is 2.65. The fraction of sp³-hybridized carbons (Fsp3) is 0.435. The van der Waals surface area contributed by atoms with E-state index in [1.54, 1.807) is 12.3 Å². The molecule has 10 heteroatoms. The minimum Gasteiger partial charge on any atom is -0.356 e. The molecule has 5 rings (SSSR count). The number of carbonyl (C=O) groups is 1. The zero-order chi connectivity index (χ0) is 23.2. The second-order valence-electron chi connectivity index (χ2n) is 8.44. The number of aromatic amines is 1. The first kappa shape index (κ1) is 21.7. The summed E-state index contributed by atoms with van der Waals surface area (Å²) in [6, 6.07) is 8.55. The molecule has 0 spiro atoms. The maximum absolute atomic E-state index is 14.5. The first-order chi connectivity index (χ1) is 15.9. The number of rotatable bonds is 4. The molecule has 0 bridgehead atoms. The number of nitrogens with one attached hydrogen (secondary N) is 1. The van der Waals surface area contributed by atoms with Gasteiger partial charge in [0.25, 0.3) is 11.5 Å². The number of alkyl halides is 3. The van der Waals surface area contributed by atoms with Gasteiger partial charge in [0.05, 0.1) is 17.5 Å². The fourth-order valence-electron chi connectivity index (χ4n) is 5.39. The molecule has 174 valence electrons. The van der Waals surface area contributed by atoms with Crippen LogP contribution in [0.25, 0.3) is 11.0 Å². The molecule has 3 aromatic rings. The van der Waals surface area contributed by atoms with Crippen LogP contribution in [0.4, 0.5) is 19.0 Å². The summed E-state index contributed by atoms with van der Waals surface area (Å²) >= 11 is 0. The Morgan fingerprint density at radius 3 is 2.61 bits per heavy atom. The van der Waals surface area contributed by atoms with E-state index < -0.39 is 17.7 Å². The molecule has 1 amide bonds. The van der Waals surface area contributed by atoms with Crippen molar-refractivity contribution in [2.24, 2.45) is 0 Å². The number of anilines is 1. The summed E-state index contributed by atoms with van der Waals surface area (Å²) in [7, 11) is 0.949. The summed E-state index contributed by atoms with van der Waals surface area (Å²) in [6.07, 6.45) is 0.249. The van der Waals surface area contributed by atoms with E-state index in [0.29, 0.717) is 25.0 Å². The highest BCUT2D eigenvalue weighted by molar-refractivity contribution is 5.89. The Labute approximate surface area is 188 Å². The number of hydrogen-bond donors (Lipinski definition) is 1. The van der Waals surface area contributed by atoms with Crippen LogP contribution < -0.4 is 4.90 Å². The first-order valence-electron chi connectivity index (χ1n) is 10.9. The van der Waals surface area contributed by atoms with Gasteiger partial charge in [0.15, 0.2) is 0 Å². The van der Waals surface area contributed by atoms with Gasteiger partial charge in [-0.2, -0.15) is 13.2 Å². The molecule has 0 aliphatic carbocycles. The summed E-state index contributed by atoms with van der Waals surface area (Å²) < 4.78 is 48.5. The van der Waals surface area contributed by atoms with E-state index in [0.717, 1.165) is 24.7 Å². The van der Waals surface area contributed by atoms with Crippen molar-refractivity contribution in [1.82, 2.24) is 19.9 Å². The molecule has 7 nitrogen and oxygen atoms in total. The van der Waals surface area contributed by atoms with E-state index in [1.807, 2.05) is 6.07 Å². The van der Waals surface area contributed by atoms with Gasteiger partial charge in [-0.1, -0.05) is 30.3 Å². The maximum atomic E-state index is 14.5. The van der Waals surface area contributed by atoms with E-state index in [4.69, 9.17) is 4.74 Å². The van der Waals surface area contributed by atoms with E-state index in [9.17, 15) is 18.0 Å². The van der Waals surface area contributed by atoms with Gasteiger partial charge in [0.1, 0.15) is 17.8 Å². The van der Waals surface area contributed by atoms with Gasteiger partial charge in [-0.05, 0) is 25.3 Å². The Bertz CT molecular complexity index is 1150. The highest BCUT2D eigenvalue weighted by Crippen LogP contribution is 2.45. The zero-order valence-corrected chi connectivity index (χ0v) is 18.0. The standard InChI is InChI=1S/C23H24F3N5O2/c1-33-22(23(24,25)26,15-6-3-2-4-7-15)21(32)31-12-5-8-17-18(31)10-13-30(17)20-16-9-11-27-19(16)28-14-29-20/h2-4,6-7,9,11,14,17-18H,5,8,10,12-13H2,1H3,(H,27,28,29)/t17-,18?,22-/m1/s1. The second kappa shape index (κ2) is 8.02. The van der Waals surface area contributed by atoms with Gasteiger partial charge >= 0.3 is 6.18 Å². The number of nitrogens with zero attached hydrogens (tertiary/aromatic N) is 4. The lowest BCUT2D eigenvalue weighted by atomic mass is 9.88. The number of likely N-dealkylation sites (tertiary alicyclic amines) is 1. The number of carbonyl (C=O) groups excluding carboxylic acids is 1. The number of halogens is 3. The number of H-pyrrole nitrogens is 1. The van der Waals surface area contributed by atoms with Gasteiger partial charge < -0.3 is 19.5 Å². The highest BCUT2D eigenvalue weighted by atomic mass is 19.4. The lowest BCUT2D eigenvalue weighted by Gasteiger charge is -2.44. The SMILES string of the molecule is CO[C@@](C(=O)N1CCC[C@@H]2C1CCN2c1ncnc2[nH]ccc12)(c1ccccc1)C(F)(F)F. The van der Waals surface area contributed by atoms with Gasteiger partial charge in [0, 0.05) is 32.0 Å². The summed E-state index contributed by atoms with van der Waals surface area (Å²) in [5.41, 5.74) is -2.56. The second-order valence-corrected chi connectivity index (χ2v) is 8.44. The van der Waals surface area contributed by atoms with Gasteiger partial charge in [0.2, 0.25) is 0 Å². The predicted octanol–water partition coefficient (Wildman–Crippen LogP) is 3.63. The van der Waals surface area contributed by atoms with Crippen LogP contribution in [0.2, 0.25) is 0 Å². The molecule has 3 atom stereocenters. The molecule has 0 saturated carbocycles. The summed E-state index contributed by atoms with van der Waals surface area (Å²) in [4.78, 5) is 28.9. The quantitative estimate of drug-likeness (QED) is 0.645. The minimum atomic E-state index is -4.92. The van der Waals surface area contributed by atoms with Crippen LogP contribution in [-0.2, 0) is 15.1 Å². The molecular weight excluding hydrogens is 435 g/mol. The van der Waals surface area contributed by atoms with E-state index in [-0.39, 0.29) is 24.2 Å². The predicted molar refractivity (Wildman–Crippen MR) is 116 cm³/mol. The third kappa shape index (κ3) is 3.26. The lowest BCUT2D eigenvalue weighted by Crippen LogP contribution is -2.62. The van der Waals surface area contributed by atoms with Crippen molar-refractivity contribution in [1.29, 1.82) is 0 Å². The largest absolute Gasteiger partial charge is 0.430 e. The molecule has 0 radical (unpaired) electrons. The Hall–Kier alpha value is -3.14. The Balaban J connectivity index is 1.51. The maximum Gasteiger partial charge on any atom is 0.430 e. The first-order valence-corrected chi connectivity index (χ1v) is 10.9. The molecule has 1 aromatic carbocycles. The van der Waals surface area contributed by atoms with Crippen LogP contribution in [0.3, 0.4) is 0 Å². The number of fused-ring (bicyclic) bond motifs is 2. The molecule has 2 aliphatic heterocycles. The Morgan fingerprint density at radius 2 is 1.88 bits per heavy atom. The molecule has 1 unspecified atom stereocenters. The minimum absolute atomic E-state index is 0.130. The molecule has 2 fully saturated rings. The van der Waals surface area contributed by atoms with Crippen molar-refractivity contribution in [3.8, 4) is 0 Å². The van der Waals surface area contributed by atoms with Crippen LogP contribution >= 0.6 is 0 Å². The molecule has 1 N–H and O–H groups in total. The molecule has 2 saturated heterocycles. The molecular formula is C23H24F3N5O2. The average molecular weight is 459 g/mol. The summed E-state index contributed by atoms with van der Waals surface area (Å²) in [5.74, 6) is -0.324. The van der Waals surface area contributed by atoms with Crippen LogP contribution in [0.1, 0.15) is 24.8 Å². The molecule has 33 heavy (non-hydrogen) atoms. The number of hydrogen-bond acceptors (Lipinski definition) is 5. The van der Waals surface area contributed by atoms with Crippen LogP contribution in [-0.4, -0.2) is 64.2 Å². The third-order valence-electron chi connectivity index (χ3n) is 6.86. The van der Waals surface area contributed by atoms with Crippen LogP contribution in [0.5, 0.6) is 0 Å². The van der Waals surface area contributed by atoms with Crippen molar-refractivity contribution < 1.29 is 22.7 Å². The fourth-order valence-corrected chi connectivity index (χ4v) is 5.39. The number of piperidine rings is 1. The van der Waals surface area contributed by atoms with Crippen molar-refractivity contribution in [2.75, 3.05) is 25.1 Å². The number of ether oxygens (including phenoxy) is 1. The van der Waals surface area contributed by atoms with Gasteiger partial charge in [-0.25, -0.2) is 9.97 Å². The zero-order valence-electron chi connectivity index (χ0n) is 18.0. The number of benzene rings is 1. The van der Waals surface area contributed by atoms with Gasteiger partial charge in [-0.3, -0.25) is 4.79 Å². The van der Waals surface area contributed by atoms with Crippen molar-refractivity contribution in [2.45, 2.75) is 43.1 Å². The van der Waals surface area contributed by atoms with Crippen molar-refractivity contribution >= 4 is 22.8 Å². The molecule has 4 heterocycles. The average Bonchev–Trinajstić information content (AvgIpc) is 3.46. The number of aromatic nitrogens is 3. The topological polar surface area (TPSA) is 74.3 Å². The summed E-state index contributed by atoms with van der Waals surface area (Å²) in [5, 5.41) is 0.854. The summed E-state index contributed by atoms with van der Waals surface area (Å²) in [6.45, 7) is 0.846. The third-order valence-corrected chi connectivity index (χ3v) is 6.86. The Kier molecular flexibility index (Phi) is 5.27. The van der Waals surface area contributed by atoms with Crippen LogP contribution in [0.15, 0.2) is 48.9 Å². The lowest BCUT2D eigenvalue weighted by molar-refractivity contribution is -0.271. The van der Waals surface area contributed by atoms with Crippen LogP contribution in [0, 0.1) is 0 Å².